The number of amides is 1. The van der Waals surface area contributed by atoms with Crippen LogP contribution in [-0.4, -0.2) is 17.1 Å². The highest BCUT2D eigenvalue weighted by molar-refractivity contribution is 9.11. The standard InChI is InChI=1S/C14H12BrNO2S/c15-12-6-5-11(19-12)14(18)16-13-9-4-2-1-3-8(9)7-10(13)17/h1-6,10,13,17H,7H2,(H,16,18)/t10-,13+/m1/s1. The molecule has 1 aliphatic rings. The van der Waals surface area contributed by atoms with Crippen LogP contribution in [0.3, 0.4) is 0 Å². The van der Waals surface area contributed by atoms with Gasteiger partial charge in [0.2, 0.25) is 0 Å². The number of nitrogens with one attached hydrogen (secondary N) is 1. The number of fused-ring (bicyclic) bond motifs is 1. The first-order valence-corrected chi connectivity index (χ1v) is 7.58. The maximum Gasteiger partial charge on any atom is 0.261 e. The molecular formula is C14H12BrNO2S. The fourth-order valence-corrected chi connectivity index (χ4v) is 3.69. The van der Waals surface area contributed by atoms with Crippen molar-refractivity contribution in [2.75, 3.05) is 0 Å². The van der Waals surface area contributed by atoms with Crippen LogP contribution in [0, 0.1) is 0 Å². The topological polar surface area (TPSA) is 49.3 Å². The molecule has 0 radical (unpaired) electrons. The summed E-state index contributed by atoms with van der Waals surface area (Å²) < 4.78 is 0.921. The lowest BCUT2D eigenvalue weighted by atomic mass is 10.1. The molecule has 0 saturated carbocycles. The third kappa shape index (κ3) is 2.45. The highest BCUT2D eigenvalue weighted by Crippen LogP contribution is 2.32. The third-order valence-electron chi connectivity index (χ3n) is 3.29. The lowest BCUT2D eigenvalue weighted by molar-refractivity contribution is 0.0862. The predicted molar refractivity (Wildman–Crippen MR) is 78.4 cm³/mol. The number of halogens is 1. The lowest BCUT2D eigenvalue weighted by Gasteiger charge is -2.17. The second-order valence-corrected chi connectivity index (χ2v) is 6.99. The average Bonchev–Trinajstić information content (AvgIpc) is 2.95. The van der Waals surface area contributed by atoms with E-state index < -0.39 is 6.10 Å². The minimum absolute atomic E-state index is 0.142. The van der Waals surface area contributed by atoms with Gasteiger partial charge in [-0.05, 0) is 39.2 Å². The molecule has 3 rings (SSSR count). The summed E-state index contributed by atoms with van der Waals surface area (Å²) in [5.41, 5.74) is 2.12. The summed E-state index contributed by atoms with van der Waals surface area (Å²) in [5.74, 6) is -0.142. The van der Waals surface area contributed by atoms with Gasteiger partial charge in [0.05, 0.1) is 20.8 Å². The highest BCUT2D eigenvalue weighted by atomic mass is 79.9. The zero-order valence-corrected chi connectivity index (χ0v) is 12.4. The number of thiophene rings is 1. The van der Waals surface area contributed by atoms with E-state index in [4.69, 9.17) is 0 Å². The lowest BCUT2D eigenvalue weighted by Crippen LogP contribution is -2.33. The molecule has 0 bridgehead atoms. The number of aliphatic hydroxyl groups is 1. The van der Waals surface area contributed by atoms with E-state index in [-0.39, 0.29) is 11.9 Å². The third-order valence-corrected chi connectivity index (χ3v) is 4.91. The summed E-state index contributed by atoms with van der Waals surface area (Å²) in [7, 11) is 0. The first-order valence-electron chi connectivity index (χ1n) is 5.97. The molecule has 2 N–H and O–H groups in total. The van der Waals surface area contributed by atoms with E-state index in [1.807, 2.05) is 30.3 Å². The fourth-order valence-electron chi connectivity index (χ4n) is 2.40. The van der Waals surface area contributed by atoms with Crippen molar-refractivity contribution < 1.29 is 9.90 Å². The SMILES string of the molecule is O=C(N[C@H]1c2ccccc2C[C@H]1O)c1ccc(Br)s1. The maximum absolute atomic E-state index is 12.1. The van der Waals surface area contributed by atoms with E-state index in [2.05, 4.69) is 21.2 Å². The van der Waals surface area contributed by atoms with Gasteiger partial charge in [0.15, 0.2) is 0 Å². The molecule has 0 spiro atoms. The normalized spacial score (nSPS) is 21.2. The Kier molecular flexibility index (Phi) is 3.43. The summed E-state index contributed by atoms with van der Waals surface area (Å²) in [6.45, 7) is 0. The van der Waals surface area contributed by atoms with Crippen LogP contribution in [0.4, 0.5) is 0 Å². The molecule has 5 heteroatoms. The van der Waals surface area contributed by atoms with Gasteiger partial charge in [0, 0.05) is 6.42 Å². The van der Waals surface area contributed by atoms with Crippen LogP contribution < -0.4 is 5.32 Å². The van der Waals surface area contributed by atoms with Crippen LogP contribution in [0.1, 0.15) is 26.8 Å². The Bertz CT molecular complexity index is 625. The van der Waals surface area contributed by atoms with Gasteiger partial charge in [-0.3, -0.25) is 4.79 Å². The average molecular weight is 338 g/mol. The number of aliphatic hydroxyl groups excluding tert-OH is 1. The minimum Gasteiger partial charge on any atom is -0.390 e. The number of carbonyl (C=O) groups is 1. The van der Waals surface area contributed by atoms with Crippen molar-refractivity contribution in [2.45, 2.75) is 18.6 Å². The van der Waals surface area contributed by atoms with Crippen molar-refractivity contribution in [1.29, 1.82) is 0 Å². The Balaban J connectivity index is 1.82. The van der Waals surface area contributed by atoms with Crippen molar-refractivity contribution in [2.24, 2.45) is 0 Å². The van der Waals surface area contributed by atoms with Gasteiger partial charge in [-0.25, -0.2) is 0 Å². The van der Waals surface area contributed by atoms with Crippen LogP contribution >= 0.6 is 27.3 Å². The molecule has 0 fully saturated rings. The first kappa shape index (κ1) is 12.8. The van der Waals surface area contributed by atoms with Gasteiger partial charge < -0.3 is 10.4 Å². The van der Waals surface area contributed by atoms with Gasteiger partial charge >= 0.3 is 0 Å². The molecule has 0 unspecified atom stereocenters. The molecule has 2 aromatic rings. The Hall–Kier alpha value is -1.17. The number of hydrogen-bond acceptors (Lipinski definition) is 3. The van der Waals surface area contributed by atoms with Crippen molar-refractivity contribution in [3.05, 3.63) is 56.2 Å². The van der Waals surface area contributed by atoms with E-state index in [9.17, 15) is 9.90 Å². The van der Waals surface area contributed by atoms with Gasteiger partial charge in [-0.15, -0.1) is 11.3 Å². The molecule has 19 heavy (non-hydrogen) atoms. The highest BCUT2D eigenvalue weighted by Gasteiger charge is 2.32. The first-order chi connectivity index (χ1) is 9.15. The zero-order chi connectivity index (χ0) is 13.4. The monoisotopic (exact) mass is 337 g/mol. The van der Waals surface area contributed by atoms with Crippen molar-refractivity contribution >= 4 is 33.2 Å². The smallest absolute Gasteiger partial charge is 0.261 e. The number of benzene rings is 1. The van der Waals surface area contributed by atoms with Crippen molar-refractivity contribution in [3.63, 3.8) is 0 Å². The van der Waals surface area contributed by atoms with Crippen molar-refractivity contribution in [3.8, 4) is 0 Å². The van der Waals surface area contributed by atoms with Crippen LogP contribution in [0.15, 0.2) is 40.2 Å². The molecule has 1 amide bonds. The summed E-state index contributed by atoms with van der Waals surface area (Å²) in [6.07, 6.45) is 0.0414. The summed E-state index contributed by atoms with van der Waals surface area (Å²) in [4.78, 5) is 12.8. The van der Waals surface area contributed by atoms with Crippen LogP contribution in [0.25, 0.3) is 0 Å². The Morgan fingerprint density at radius 2 is 2.11 bits per heavy atom. The number of rotatable bonds is 2. The fraction of sp³-hybridized carbons (Fsp3) is 0.214. The summed E-state index contributed by atoms with van der Waals surface area (Å²) in [5, 5.41) is 13.0. The Labute approximate surface area is 123 Å². The van der Waals surface area contributed by atoms with Gasteiger partial charge in [0.1, 0.15) is 0 Å². The van der Waals surface area contributed by atoms with E-state index >= 15 is 0 Å². The van der Waals surface area contributed by atoms with Gasteiger partial charge in [0.25, 0.3) is 5.91 Å². The molecule has 1 aliphatic carbocycles. The molecule has 1 aromatic heterocycles. The van der Waals surface area contributed by atoms with Crippen LogP contribution in [0.5, 0.6) is 0 Å². The quantitative estimate of drug-likeness (QED) is 0.885. The molecule has 3 nitrogen and oxygen atoms in total. The summed E-state index contributed by atoms with van der Waals surface area (Å²) >= 11 is 4.72. The Morgan fingerprint density at radius 3 is 2.84 bits per heavy atom. The van der Waals surface area contributed by atoms with E-state index in [1.54, 1.807) is 6.07 Å². The molecule has 0 saturated heterocycles. The van der Waals surface area contributed by atoms with Gasteiger partial charge in [-0.1, -0.05) is 24.3 Å². The number of carbonyl (C=O) groups excluding carboxylic acids is 1. The zero-order valence-electron chi connectivity index (χ0n) is 9.97. The minimum atomic E-state index is -0.551. The molecule has 0 aliphatic heterocycles. The molecule has 1 aromatic carbocycles. The van der Waals surface area contributed by atoms with E-state index in [1.165, 1.54) is 11.3 Å². The molecular weight excluding hydrogens is 326 g/mol. The largest absolute Gasteiger partial charge is 0.390 e. The number of hydrogen-bond donors (Lipinski definition) is 2. The maximum atomic E-state index is 12.1. The van der Waals surface area contributed by atoms with Crippen molar-refractivity contribution in [1.82, 2.24) is 5.32 Å². The predicted octanol–water partition coefficient (Wildman–Crippen LogP) is 2.90. The molecule has 98 valence electrons. The van der Waals surface area contributed by atoms with Crippen LogP contribution in [0.2, 0.25) is 0 Å². The molecule has 1 heterocycles. The van der Waals surface area contributed by atoms with Gasteiger partial charge in [-0.2, -0.15) is 0 Å². The second kappa shape index (κ2) is 5.07. The van der Waals surface area contributed by atoms with E-state index in [0.717, 1.165) is 14.9 Å². The summed E-state index contributed by atoms with van der Waals surface area (Å²) in [6, 6.07) is 11.1. The van der Waals surface area contributed by atoms with E-state index in [0.29, 0.717) is 11.3 Å². The second-order valence-electron chi connectivity index (χ2n) is 4.53. The van der Waals surface area contributed by atoms with Crippen LogP contribution in [-0.2, 0) is 6.42 Å². The Morgan fingerprint density at radius 1 is 1.32 bits per heavy atom. The molecule has 2 atom stereocenters.